The van der Waals surface area contributed by atoms with Crippen molar-refractivity contribution in [2.24, 2.45) is 0 Å². The molecule has 1 unspecified atom stereocenters. The van der Waals surface area contributed by atoms with Crippen LogP contribution in [0.25, 0.3) is 10.8 Å². The van der Waals surface area contributed by atoms with Gasteiger partial charge in [-0.2, -0.15) is 4.72 Å². The number of rotatable bonds is 5. The molecule has 31 heavy (non-hydrogen) atoms. The highest BCUT2D eigenvalue weighted by Crippen LogP contribution is 2.22. The third-order valence-corrected chi connectivity index (χ3v) is 7.77. The summed E-state index contributed by atoms with van der Waals surface area (Å²) in [5.74, 6) is -0.390. The smallest absolute Gasteiger partial charge is 0.242 e. The molecule has 4 rings (SSSR count). The number of carbonyl (C=O) groups excluding carboxylic acids is 2. The summed E-state index contributed by atoms with van der Waals surface area (Å²) in [7, 11) is -3.87. The molecule has 2 fully saturated rings. The molecule has 0 radical (unpaired) electrons. The molecule has 0 aliphatic carbocycles. The molecule has 2 amide bonds. The van der Waals surface area contributed by atoms with Gasteiger partial charge in [-0.1, -0.05) is 29.8 Å². The summed E-state index contributed by atoms with van der Waals surface area (Å²) in [5, 5.41) is 1.80. The van der Waals surface area contributed by atoms with E-state index in [9.17, 15) is 18.0 Å². The molecule has 8 heteroatoms. The molecule has 2 aromatic rings. The lowest BCUT2D eigenvalue weighted by Gasteiger charge is -2.33. The molecule has 2 saturated heterocycles. The Morgan fingerprint density at radius 2 is 1.81 bits per heavy atom. The van der Waals surface area contributed by atoms with E-state index in [2.05, 4.69) is 4.72 Å². The number of aryl methyl sites for hydroxylation is 1. The van der Waals surface area contributed by atoms with Crippen molar-refractivity contribution < 1.29 is 18.0 Å². The zero-order valence-corrected chi connectivity index (χ0v) is 18.8. The van der Waals surface area contributed by atoms with Crippen LogP contribution in [0, 0.1) is 6.92 Å². The van der Waals surface area contributed by atoms with Crippen LogP contribution in [0.15, 0.2) is 41.3 Å². The second-order valence-corrected chi connectivity index (χ2v) is 10.4. The van der Waals surface area contributed by atoms with Gasteiger partial charge in [0.25, 0.3) is 0 Å². The minimum Gasteiger partial charge on any atom is -0.338 e. The summed E-state index contributed by atoms with van der Waals surface area (Å²) in [5.41, 5.74) is 1.05. The van der Waals surface area contributed by atoms with Crippen LogP contribution >= 0.6 is 0 Å². The quantitative estimate of drug-likeness (QED) is 0.769. The Kier molecular flexibility index (Phi) is 6.03. The first-order chi connectivity index (χ1) is 14.7. The fraction of sp³-hybridized carbons (Fsp3) is 0.478. The van der Waals surface area contributed by atoms with Crippen LogP contribution in [0.4, 0.5) is 0 Å². The summed E-state index contributed by atoms with van der Waals surface area (Å²) in [6, 6.07) is 10.2. The maximum Gasteiger partial charge on any atom is 0.242 e. The average Bonchev–Trinajstić information content (AvgIpc) is 3.16. The average molecular weight is 444 g/mol. The molecular formula is C23H29N3O4S. The van der Waals surface area contributed by atoms with Gasteiger partial charge in [0.15, 0.2) is 0 Å². The van der Waals surface area contributed by atoms with E-state index in [-0.39, 0.29) is 29.3 Å². The van der Waals surface area contributed by atoms with Crippen molar-refractivity contribution in [3.63, 3.8) is 0 Å². The molecule has 0 saturated carbocycles. The number of nitrogens with one attached hydrogen (secondary N) is 1. The number of hydrogen-bond acceptors (Lipinski definition) is 4. The van der Waals surface area contributed by atoms with Crippen LogP contribution in [0.1, 0.15) is 38.2 Å². The molecule has 0 bridgehead atoms. The molecule has 2 aromatic carbocycles. The van der Waals surface area contributed by atoms with Crippen molar-refractivity contribution in [1.29, 1.82) is 0 Å². The molecule has 2 aliphatic rings. The van der Waals surface area contributed by atoms with E-state index in [4.69, 9.17) is 0 Å². The van der Waals surface area contributed by atoms with Gasteiger partial charge in [0.2, 0.25) is 21.8 Å². The third kappa shape index (κ3) is 4.60. The van der Waals surface area contributed by atoms with Gasteiger partial charge in [0.05, 0.1) is 11.4 Å². The summed E-state index contributed by atoms with van der Waals surface area (Å²) < 4.78 is 28.6. The maximum atomic E-state index is 13.0. The molecule has 1 N–H and O–H groups in total. The number of amides is 2. The summed E-state index contributed by atoms with van der Waals surface area (Å²) in [4.78, 5) is 29.0. The van der Waals surface area contributed by atoms with Crippen LogP contribution in [0.3, 0.4) is 0 Å². The largest absolute Gasteiger partial charge is 0.338 e. The van der Waals surface area contributed by atoms with E-state index in [1.807, 2.05) is 36.9 Å². The Balaban J connectivity index is 1.47. The highest BCUT2D eigenvalue weighted by atomic mass is 32.2. The Bertz CT molecular complexity index is 1120. The second-order valence-electron chi connectivity index (χ2n) is 8.67. The van der Waals surface area contributed by atoms with Crippen molar-refractivity contribution in [2.45, 2.75) is 56.5 Å². The zero-order chi connectivity index (χ0) is 22.2. The molecule has 2 aliphatic heterocycles. The number of sulfonamides is 1. The number of carbonyl (C=O) groups is 2. The molecule has 166 valence electrons. The summed E-state index contributed by atoms with van der Waals surface area (Å²) in [6.07, 6.45) is 3.04. The van der Waals surface area contributed by atoms with Crippen molar-refractivity contribution in [2.75, 3.05) is 19.6 Å². The predicted octanol–water partition coefficient (Wildman–Crippen LogP) is 2.43. The van der Waals surface area contributed by atoms with Crippen molar-refractivity contribution >= 4 is 32.6 Å². The van der Waals surface area contributed by atoms with E-state index in [1.165, 1.54) is 4.90 Å². The van der Waals surface area contributed by atoms with Crippen molar-refractivity contribution in [3.8, 4) is 0 Å². The van der Waals surface area contributed by atoms with Crippen LogP contribution < -0.4 is 4.72 Å². The number of benzene rings is 2. The van der Waals surface area contributed by atoms with E-state index in [0.29, 0.717) is 19.4 Å². The fourth-order valence-electron chi connectivity index (χ4n) is 4.53. The first-order valence-corrected chi connectivity index (χ1v) is 12.3. The predicted molar refractivity (Wildman–Crippen MR) is 119 cm³/mol. The topological polar surface area (TPSA) is 86.8 Å². The van der Waals surface area contributed by atoms with Gasteiger partial charge in [-0.15, -0.1) is 0 Å². The third-order valence-electron chi connectivity index (χ3n) is 6.30. The minimum atomic E-state index is -3.87. The lowest BCUT2D eigenvalue weighted by molar-refractivity contribution is -0.143. The Hall–Kier alpha value is -2.45. The van der Waals surface area contributed by atoms with Crippen LogP contribution in [-0.4, -0.2) is 61.7 Å². The van der Waals surface area contributed by atoms with E-state index < -0.39 is 16.1 Å². The number of hydrogen-bond donors (Lipinski definition) is 1. The monoisotopic (exact) mass is 443 g/mol. The van der Waals surface area contributed by atoms with Crippen LogP contribution in [-0.2, 0) is 19.6 Å². The standard InChI is InChI=1S/C23H29N3O4S/c1-16-7-8-18-9-10-20(14-19(18)13-16)31(29,30)24-21-6-4-11-25(23(21)28)15-22(27)26-12-3-5-17(26)2/h7-10,13-14,17,21,24H,3-6,11-12,15H2,1-2H3/t17?,21-/m0/s1. The number of likely N-dealkylation sites (tertiary alicyclic amines) is 2. The highest BCUT2D eigenvalue weighted by Gasteiger charge is 2.35. The van der Waals surface area contributed by atoms with Crippen LogP contribution in [0.2, 0.25) is 0 Å². The van der Waals surface area contributed by atoms with E-state index in [1.54, 1.807) is 18.2 Å². The minimum absolute atomic E-state index is 0.0106. The molecule has 2 atom stereocenters. The number of nitrogens with zero attached hydrogens (tertiary/aromatic N) is 2. The molecule has 2 heterocycles. The maximum absolute atomic E-state index is 13.0. The Morgan fingerprint density at radius 1 is 1.06 bits per heavy atom. The Labute approximate surface area is 183 Å². The van der Waals surface area contributed by atoms with Gasteiger partial charge < -0.3 is 9.80 Å². The summed E-state index contributed by atoms with van der Waals surface area (Å²) in [6.45, 7) is 5.18. The van der Waals surface area contributed by atoms with Gasteiger partial charge in [0.1, 0.15) is 6.04 Å². The SMILES string of the molecule is Cc1ccc2ccc(S(=O)(=O)N[C@H]3CCCN(CC(=O)N4CCCC4C)C3=O)cc2c1. The van der Waals surface area contributed by atoms with Gasteiger partial charge in [-0.25, -0.2) is 8.42 Å². The van der Waals surface area contributed by atoms with Gasteiger partial charge >= 0.3 is 0 Å². The van der Waals surface area contributed by atoms with E-state index >= 15 is 0 Å². The molecule has 0 aromatic heterocycles. The normalized spacial score (nSPS) is 22.3. The first-order valence-electron chi connectivity index (χ1n) is 10.9. The highest BCUT2D eigenvalue weighted by molar-refractivity contribution is 7.89. The second kappa shape index (κ2) is 8.59. The fourth-order valence-corrected chi connectivity index (χ4v) is 5.79. The van der Waals surface area contributed by atoms with Gasteiger partial charge in [-0.05, 0) is 62.4 Å². The molecule has 0 spiro atoms. The number of piperidine rings is 1. The van der Waals surface area contributed by atoms with Crippen LogP contribution in [0.5, 0.6) is 0 Å². The summed E-state index contributed by atoms with van der Waals surface area (Å²) >= 11 is 0. The first kappa shape index (κ1) is 21.8. The van der Waals surface area contributed by atoms with Crippen molar-refractivity contribution in [1.82, 2.24) is 14.5 Å². The lowest BCUT2D eigenvalue weighted by atomic mass is 10.1. The van der Waals surface area contributed by atoms with Crippen molar-refractivity contribution in [3.05, 3.63) is 42.0 Å². The van der Waals surface area contributed by atoms with Gasteiger partial charge in [0, 0.05) is 19.1 Å². The zero-order valence-electron chi connectivity index (χ0n) is 18.0. The lowest BCUT2D eigenvalue weighted by Crippen LogP contribution is -2.54. The van der Waals surface area contributed by atoms with Gasteiger partial charge in [-0.3, -0.25) is 9.59 Å². The number of fused-ring (bicyclic) bond motifs is 1. The molecule has 7 nitrogen and oxygen atoms in total. The Morgan fingerprint density at radius 3 is 2.55 bits per heavy atom. The van der Waals surface area contributed by atoms with E-state index in [0.717, 1.165) is 35.7 Å². The molecular weight excluding hydrogens is 414 g/mol.